The minimum atomic E-state index is -0.00832. The summed E-state index contributed by atoms with van der Waals surface area (Å²) in [5, 5.41) is 0.635. The Morgan fingerprint density at radius 2 is 1.79 bits per heavy atom. The first-order valence-corrected chi connectivity index (χ1v) is 10.0. The summed E-state index contributed by atoms with van der Waals surface area (Å²) in [6, 6.07) is 13.4. The lowest BCUT2D eigenvalue weighted by atomic mass is 9.97. The van der Waals surface area contributed by atoms with E-state index in [1.807, 2.05) is 75.4 Å². The van der Waals surface area contributed by atoms with Crippen molar-refractivity contribution in [1.82, 2.24) is 0 Å². The number of rotatable bonds is 4. The smallest absolute Gasteiger partial charge is 0.200 e. The van der Waals surface area contributed by atoms with Gasteiger partial charge in [0.1, 0.15) is 31.3 Å². The largest absolute Gasteiger partial charge is 0.494 e. The maximum atomic E-state index is 13.2. The Labute approximate surface area is 171 Å². The molecule has 0 bridgehead atoms. The maximum Gasteiger partial charge on any atom is 0.200 e. The zero-order chi connectivity index (χ0) is 20.6. The molecule has 1 aromatic heterocycles. The van der Waals surface area contributed by atoms with Crippen LogP contribution in [0.25, 0.3) is 28.2 Å². The number of aryl methyl sites for hydroxylation is 1. The van der Waals surface area contributed by atoms with Crippen LogP contribution in [0.3, 0.4) is 0 Å². The second-order valence-corrected chi connectivity index (χ2v) is 6.28. The van der Waals surface area contributed by atoms with Crippen molar-refractivity contribution in [2.75, 3.05) is 13.2 Å². The summed E-state index contributed by atoms with van der Waals surface area (Å²) in [6.45, 7) is 7.15. The summed E-state index contributed by atoms with van der Waals surface area (Å²) in [5.74, 6) is 0.675. The van der Waals surface area contributed by atoms with Crippen LogP contribution in [0.2, 0.25) is 0 Å². The summed E-state index contributed by atoms with van der Waals surface area (Å²) in [6.07, 6.45) is 7.69. The molecule has 3 aromatic rings. The first-order valence-electron chi connectivity index (χ1n) is 10.0. The Morgan fingerprint density at radius 3 is 2.48 bits per heavy atom. The molecular weight excluding hydrogens is 364 g/mol. The molecule has 2 heterocycles. The summed E-state index contributed by atoms with van der Waals surface area (Å²) in [4.78, 5) is 13.2. The van der Waals surface area contributed by atoms with Crippen LogP contribution in [-0.2, 0) is 15.9 Å². The number of benzene rings is 2. The van der Waals surface area contributed by atoms with Crippen LogP contribution in [0.15, 0.2) is 76.0 Å². The van der Waals surface area contributed by atoms with Crippen LogP contribution in [0.5, 0.6) is 0 Å². The molecule has 4 rings (SSSR count). The van der Waals surface area contributed by atoms with Crippen molar-refractivity contribution < 1.29 is 13.9 Å². The second kappa shape index (κ2) is 9.78. The quantitative estimate of drug-likeness (QED) is 0.552. The molecule has 0 radical (unpaired) electrons. The van der Waals surface area contributed by atoms with Crippen molar-refractivity contribution in [1.29, 1.82) is 0 Å². The van der Waals surface area contributed by atoms with Gasteiger partial charge in [-0.2, -0.15) is 0 Å². The molecule has 0 spiro atoms. The lowest BCUT2D eigenvalue weighted by Crippen LogP contribution is -2.08. The van der Waals surface area contributed by atoms with E-state index < -0.39 is 0 Å². The normalized spacial score (nSPS) is 13.3. The van der Waals surface area contributed by atoms with E-state index in [0.29, 0.717) is 35.5 Å². The standard InChI is InChI=1S/C23H20O4.C2H6/c1-2-19-17(8-10-18-14-25-12-13-26-18)9-11-21-22(19)23(24)20(15-27-21)16-6-4-3-5-7-16;1-2/h3-11,14-15H,2,12-13H2,1H3;1-2H3/b10-8-;. The fourth-order valence-electron chi connectivity index (χ4n) is 3.30. The Bertz CT molecular complexity index is 1080. The Balaban J connectivity index is 0.00000117. The van der Waals surface area contributed by atoms with Gasteiger partial charge in [0.15, 0.2) is 5.76 Å². The van der Waals surface area contributed by atoms with Crippen molar-refractivity contribution >= 4 is 17.0 Å². The predicted octanol–water partition coefficient (Wildman–Crippen LogP) is 5.95. The topological polar surface area (TPSA) is 48.7 Å². The molecule has 0 saturated heterocycles. The van der Waals surface area contributed by atoms with Crippen LogP contribution < -0.4 is 5.43 Å². The summed E-state index contributed by atoms with van der Waals surface area (Å²) >= 11 is 0. The molecular formula is C25H26O4. The van der Waals surface area contributed by atoms with Gasteiger partial charge in [0, 0.05) is 0 Å². The van der Waals surface area contributed by atoms with Gasteiger partial charge in [0.25, 0.3) is 0 Å². The van der Waals surface area contributed by atoms with Gasteiger partial charge in [-0.15, -0.1) is 0 Å². The van der Waals surface area contributed by atoms with E-state index in [-0.39, 0.29) is 5.43 Å². The molecule has 4 nitrogen and oxygen atoms in total. The molecule has 0 amide bonds. The van der Waals surface area contributed by atoms with Crippen molar-refractivity contribution in [3.05, 3.63) is 88.2 Å². The van der Waals surface area contributed by atoms with Crippen molar-refractivity contribution in [3.8, 4) is 11.1 Å². The van der Waals surface area contributed by atoms with Crippen molar-refractivity contribution in [3.63, 3.8) is 0 Å². The number of ether oxygens (including phenoxy) is 2. The van der Waals surface area contributed by atoms with E-state index in [0.717, 1.165) is 23.1 Å². The lowest BCUT2D eigenvalue weighted by Gasteiger charge is -2.13. The molecule has 0 atom stereocenters. The Hall–Kier alpha value is -3.27. The fourth-order valence-corrected chi connectivity index (χ4v) is 3.30. The Morgan fingerprint density at radius 1 is 1.00 bits per heavy atom. The molecule has 1 aliphatic rings. The lowest BCUT2D eigenvalue weighted by molar-refractivity contribution is 0.0922. The highest BCUT2D eigenvalue weighted by atomic mass is 16.6. The van der Waals surface area contributed by atoms with E-state index in [2.05, 4.69) is 0 Å². The molecule has 150 valence electrons. The van der Waals surface area contributed by atoms with Gasteiger partial charge >= 0.3 is 0 Å². The number of hydrogen-bond acceptors (Lipinski definition) is 4. The predicted molar refractivity (Wildman–Crippen MR) is 118 cm³/mol. The van der Waals surface area contributed by atoms with Gasteiger partial charge < -0.3 is 13.9 Å². The highest BCUT2D eigenvalue weighted by Gasteiger charge is 2.14. The number of allylic oxidation sites excluding steroid dienone is 1. The zero-order valence-electron chi connectivity index (χ0n) is 17.1. The molecule has 0 unspecified atom stereocenters. The highest BCUT2D eigenvalue weighted by molar-refractivity contribution is 5.87. The average Bonchev–Trinajstić information content (AvgIpc) is 2.80. The highest BCUT2D eigenvalue weighted by Crippen LogP contribution is 2.26. The number of hydrogen-bond donors (Lipinski definition) is 0. The van der Waals surface area contributed by atoms with Gasteiger partial charge in [-0.25, -0.2) is 0 Å². The average molecular weight is 390 g/mol. The molecule has 4 heteroatoms. The van der Waals surface area contributed by atoms with Crippen LogP contribution in [0.4, 0.5) is 0 Å². The van der Waals surface area contributed by atoms with Gasteiger partial charge in [-0.3, -0.25) is 4.79 Å². The van der Waals surface area contributed by atoms with Crippen LogP contribution >= 0.6 is 0 Å². The third-order valence-corrected chi connectivity index (χ3v) is 4.62. The SMILES string of the molecule is CC.CCc1c(/C=C\C2=COCCO2)ccc2occ(-c3ccccc3)c(=O)c12. The molecule has 1 aliphatic heterocycles. The second-order valence-electron chi connectivity index (χ2n) is 6.28. The van der Waals surface area contributed by atoms with Crippen molar-refractivity contribution in [2.45, 2.75) is 27.2 Å². The van der Waals surface area contributed by atoms with Crippen molar-refractivity contribution in [2.24, 2.45) is 0 Å². The summed E-state index contributed by atoms with van der Waals surface area (Å²) in [7, 11) is 0. The van der Waals surface area contributed by atoms with Gasteiger partial charge in [-0.1, -0.05) is 63.2 Å². The molecule has 29 heavy (non-hydrogen) atoms. The third-order valence-electron chi connectivity index (χ3n) is 4.62. The fraction of sp³-hybridized carbons (Fsp3) is 0.240. The molecule has 0 aliphatic carbocycles. The zero-order valence-corrected chi connectivity index (χ0v) is 17.1. The molecule has 0 saturated carbocycles. The maximum absolute atomic E-state index is 13.2. The summed E-state index contributed by atoms with van der Waals surface area (Å²) < 4.78 is 16.6. The first kappa shape index (κ1) is 20.5. The molecule has 2 aromatic carbocycles. The first-order chi connectivity index (χ1) is 14.3. The van der Waals surface area contributed by atoms with Crippen LogP contribution in [0.1, 0.15) is 31.9 Å². The van der Waals surface area contributed by atoms with E-state index in [4.69, 9.17) is 13.9 Å². The summed E-state index contributed by atoms with van der Waals surface area (Å²) in [5.41, 5.74) is 3.96. The minimum Gasteiger partial charge on any atom is -0.494 e. The third kappa shape index (κ3) is 4.43. The minimum absolute atomic E-state index is 0.00832. The van der Waals surface area contributed by atoms with E-state index in [9.17, 15) is 4.79 Å². The van der Waals surface area contributed by atoms with E-state index >= 15 is 0 Å². The molecule has 0 N–H and O–H groups in total. The van der Waals surface area contributed by atoms with Gasteiger partial charge in [-0.05, 0) is 35.3 Å². The van der Waals surface area contributed by atoms with E-state index in [1.54, 1.807) is 12.5 Å². The van der Waals surface area contributed by atoms with Gasteiger partial charge in [0.05, 0.1) is 10.9 Å². The van der Waals surface area contributed by atoms with Gasteiger partial charge in [0.2, 0.25) is 5.43 Å². The molecule has 0 fully saturated rings. The van der Waals surface area contributed by atoms with Crippen LogP contribution in [-0.4, -0.2) is 13.2 Å². The number of fused-ring (bicyclic) bond motifs is 1. The Kier molecular flexibility index (Phi) is 6.90. The monoisotopic (exact) mass is 390 g/mol. The van der Waals surface area contributed by atoms with E-state index in [1.165, 1.54) is 0 Å². The van der Waals surface area contributed by atoms with Crippen LogP contribution in [0, 0.1) is 0 Å².